The van der Waals surface area contributed by atoms with Gasteiger partial charge in [-0.1, -0.05) is 25.7 Å². The van der Waals surface area contributed by atoms with Gasteiger partial charge in [0.2, 0.25) is 11.6 Å². The summed E-state index contributed by atoms with van der Waals surface area (Å²) < 4.78 is 307. The van der Waals surface area contributed by atoms with Crippen molar-refractivity contribution in [3.8, 4) is 0 Å². The molecule has 0 spiro atoms. The van der Waals surface area contributed by atoms with Crippen molar-refractivity contribution in [1.29, 1.82) is 0 Å². The van der Waals surface area contributed by atoms with Gasteiger partial charge in [-0.3, -0.25) is 9.59 Å². The van der Waals surface area contributed by atoms with Crippen LogP contribution in [0.4, 0.5) is 87.8 Å². The van der Waals surface area contributed by atoms with Crippen molar-refractivity contribution in [2.75, 3.05) is 0 Å². The molecule has 2 aliphatic rings. The number of carbonyl (C=O) groups is 2. The van der Waals surface area contributed by atoms with Crippen molar-refractivity contribution in [2.45, 2.75) is 51.4 Å². The van der Waals surface area contributed by atoms with Gasteiger partial charge in [-0.05, 0) is 37.8 Å². The lowest BCUT2D eigenvalue weighted by molar-refractivity contribution is -0.636. The first-order valence-corrected chi connectivity index (χ1v) is 22.2. The lowest BCUT2D eigenvalue weighted by Gasteiger charge is -2.44. The maximum atomic E-state index is 15.4. The summed E-state index contributed by atoms with van der Waals surface area (Å²) in [5, 5.41) is 0. The van der Waals surface area contributed by atoms with Crippen LogP contribution in [0, 0.1) is 136 Å². The fraction of sp³-hybridized carbons (Fsp3) is 0.227. The van der Waals surface area contributed by atoms with E-state index in [2.05, 4.69) is 0 Å². The smallest absolute Gasteiger partial charge is 0.415 e. The van der Waals surface area contributed by atoms with Gasteiger partial charge in [0.05, 0.1) is 0 Å². The Morgan fingerprint density at radius 1 is 0.343 bits per heavy atom. The van der Waals surface area contributed by atoms with Gasteiger partial charge in [0.15, 0.2) is 81.3 Å². The van der Waals surface area contributed by atoms with Crippen molar-refractivity contribution in [2.24, 2.45) is 11.8 Å². The largest absolute Gasteiger partial charge is 0.443 e. The number of benzene rings is 4. The van der Waals surface area contributed by atoms with Crippen LogP contribution in [0.1, 0.15) is 72.5 Å². The highest BCUT2D eigenvalue weighted by atomic mass is 127. The Kier molecular flexibility index (Phi) is 14.7. The van der Waals surface area contributed by atoms with E-state index in [1.807, 2.05) is 12.1 Å². The SMILES string of the molecule is Fc1c(F)c(F)c([B-](c2c(F)c(F)c(F)c(F)c2F)(c2c(F)c(F)c(F)c(F)c2F)c2c(F)c(F)c(F)c(F)c2F)c(F)c1F.O=C(c1ccc([I+]c2ccc(C(=O)C3CCCC3)o2)o1)C1CCCC1. The highest BCUT2D eigenvalue weighted by molar-refractivity contribution is 7.20. The maximum Gasteiger partial charge on any atom is 0.443 e. The first-order valence-electron chi connectivity index (χ1n) is 20.1. The molecule has 0 saturated heterocycles. The maximum absolute atomic E-state index is 15.4. The quantitative estimate of drug-likeness (QED) is 0.0355. The molecule has 0 unspecified atom stereocenters. The van der Waals surface area contributed by atoms with Crippen molar-refractivity contribution in [1.82, 2.24) is 0 Å². The van der Waals surface area contributed by atoms with Crippen molar-refractivity contribution in [3.63, 3.8) is 0 Å². The zero-order valence-electron chi connectivity index (χ0n) is 34.3. The number of halogens is 21. The van der Waals surface area contributed by atoms with Gasteiger partial charge >= 0.3 is 28.7 Å². The number of Topliss-reactive ketones (excluding diaryl/α,β-unsaturated/α-hetero) is 2. The molecule has 0 radical (unpaired) electrons. The summed E-state index contributed by atoms with van der Waals surface area (Å²) in [6.07, 6.45) is 1.27. The molecular formula is C44H22BF20IO4. The molecule has 0 N–H and O–H groups in total. The van der Waals surface area contributed by atoms with Gasteiger partial charge in [0.25, 0.3) is 0 Å². The number of furan rings is 2. The van der Waals surface area contributed by atoms with Crippen molar-refractivity contribution in [3.05, 3.63) is 160 Å². The molecule has 2 aliphatic carbocycles. The Balaban J connectivity index is 0.000000242. The fourth-order valence-electron chi connectivity index (χ4n) is 8.74. The number of hydrogen-bond acceptors (Lipinski definition) is 4. The topological polar surface area (TPSA) is 60.4 Å². The Hall–Kier alpha value is -5.83. The van der Waals surface area contributed by atoms with Crippen LogP contribution in [0.15, 0.2) is 33.1 Å². The predicted molar refractivity (Wildman–Crippen MR) is 197 cm³/mol. The molecule has 70 heavy (non-hydrogen) atoms. The lowest BCUT2D eigenvalue weighted by Crippen LogP contribution is -3.61. The standard InChI is InChI=1S/C24BF20.C20H22IO4/c26-5-1(6(27)14(35)21(42)13(5)34)25(2-7(28)15(36)22(43)16(37)8(2)29,3-9(30)17(38)23(44)18(39)10(3)31)4-11(32)19(40)24(45)20(41)12(4)33;22-19(13-5-1-2-6-13)15-9-11-17(24-15)21-18-12-10-16(25-18)20(23)14-7-3-4-8-14/h;9-14H,1-8H2/q-1;+1. The minimum atomic E-state index is -7.22. The fourth-order valence-corrected chi connectivity index (χ4v) is 10.7. The van der Waals surface area contributed by atoms with Crippen LogP contribution in [-0.2, 0) is 0 Å². The van der Waals surface area contributed by atoms with Gasteiger partial charge in [-0.2, -0.15) is 0 Å². The molecule has 0 aliphatic heterocycles. The molecule has 0 bridgehead atoms. The molecule has 26 heteroatoms. The van der Waals surface area contributed by atoms with E-state index in [9.17, 15) is 62.3 Å². The summed E-state index contributed by atoms with van der Waals surface area (Å²) in [5.41, 5.74) is -14.3. The van der Waals surface area contributed by atoms with Gasteiger partial charge in [-0.25, -0.2) is 87.8 Å². The average Bonchev–Trinajstić information content (AvgIpc) is 4.21. The second kappa shape index (κ2) is 19.8. The van der Waals surface area contributed by atoms with Crippen LogP contribution >= 0.6 is 0 Å². The summed E-state index contributed by atoms with van der Waals surface area (Å²) in [7, 11) is 0. The van der Waals surface area contributed by atoms with Crippen molar-refractivity contribution < 1.29 is 127 Å². The van der Waals surface area contributed by atoms with Crippen LogP contribution in [0.5, 0.6) is 0 Å². The van der Waals surface area contributed by atoms with Crippen LogP contribution in [0.25, 0.3) is 0 Å². The summed E-state index contributed by atoms with van der Waals surface area (Å²) in [4.78, 5) is 24.8. The van der Waals surface area contributed by atoms with Gasteiger partial charge in [0.1, 0.15) is 52.7 Å². The molecule has 2 heterocycles. The Morgan fingerprint density at radius 3 is 0.757 bits per heavy atom. The van der Waals surface area contributed by atoms with Crippen LogP contribution < -0.4 is 43.1 Å². The zero-order valence-corrected chi connectivity index (χ0v) is 36.4. The van der Waals surface area contributed by atoms with Crippen molar-refractivity contribution >= 4 is 39.6 Å². The highest BCUT2D eigenvalue weighted by Crippen LogP contribution is 2.32. The van der Waals surface area contributed by atoms with Gasteiger partial charge in [0, 0.05) is 24.0 Å². The van der Waals surface area contributed by atoms with E-state index in [1.54, 1.807) is 12.1 Å². The molecule has 0 amide bonds. The minimum absolute atomic E-state index is 0.136. The number of carbonyl (C=O) groups excluding carboxylic acids is 2. The molecule has 8 rings (SSSR count). The predicted octanol–water partition coefficient (Wildman–Crippen LogP) is 7.59. The van der Waals surface area contributed by atoms with Crippen LogP contribution in [-0.4, -0.2) is 17.7 Å². The van der Waals surface area contributed by atoms with Crippen LogP contribution in [0.3, 0.4) is 0 Å². The van der Waals surface area contributed by atoms with E-state index in [-0.39, 0.29) is 23.4 Å². The third-order valence-corrected chi connectivity index (χ3v) is 14.2. The second-order valence-corrected chi connectivity index (χ2v) is 18.5. The highest BCUT2D eigenvalue weighted by Gasteiger charge is 2.52. The molecule has 2 fully saturated rings. The normalized spacial score (nSPS) is 14.5. The van der Waals surface area contributed by atoms with E-state index in [0.717, 1.165) is 58.9 Å². The molecule has 4 nitrogen and oxygen atoms in total. The first-order chi connectivity index (χ1) is 32.9. The molecule has 4 aromatic carbocycles. The van der Waals surface area contributed by atoms with Gasteiger partial charge < -0.3 is 8.83 Å². The zero-order chi connectivity index (χ0) is 51.6. The average molecular weight is 1130 g/mol. The minimum Gasteiger partial charge on any atom is -0.415 e. The van der Waals surface area contributed by atoms with E-state index < -0.39 is 166 Å². The number of hydrogen-bond donors (Lipinski definition) is 0. The number of rotatable bonds is 10. The summed E-state index contributed by atoms with van der Waals surface area (Å²) in [6.45, 7) is 0. The molecular weight excluding hydrogens is 1110 g/mol. The summed E-state index contributed by atoms with van der Waals surface area (Å²) in [6, 6.07) is 7.36. The molecule has 0 atom stereocenters. The van der Waals surface area contributed by atoms with E-state index in [1.165, 1.54) is 0 Å². The second-order valence-electron chi connectivity index (χ2n) is 15.8. The third-order valence-electron chi connectivity index (χ3n) is 12.0. The van der Waals surface area contributed by atoms with Crippen LogP contribution in [0.2, 0.25) is 0 Å². The first kappa shape index (κ1) is 52.0. The van der Waals surface area contributed by atoms with E-state index in [4.69, 9.17) is 8.83 Å². The molecule has 372 valence electrons. The lowest BCUT2D eigenvalue weighted by atomic mass is 9.12. The molecule has 2 aromatic heterocycles. The van der Waals surface area contributed by atoms with Gasteiger partial charge in [-0.15, -0.1) is 21.9 Å². The Labute approximate surface area is 388 Å². The summed E-state index contributed by atoms with van der Waals surface area (Å²) >= 11 is -0.645. The van der Waals surface area contributed by atoms with E-state index >= 15 is 35.1 Å². The van der Waals surface area contributed by atoms with E-state index in [0.29, 0.717) is 11.5 Å². The number of ketones is 2. The third kappa shape index (κ3) is 8.43. The Morgan fingerprint density at radius 2 is 0.543 bits per heavy atom. The monoisotopic (exact) mass is 1130 g/mol. The molecule has 6 aromatic rings. The molecule has 2 saturated carbocycles. The Bertz CT molecular complexity index is 2660. The summed E-state index contributed by atoms with van der Waals surface area (Å²) in [5.74, 6) is -69.9.